The molecule has 1 aliphatic heterocycles. The summed E-state index contributed by atoms with van der Waals surface area (Å²) in [6.45, 7) is 13.8. The standard InChI is InChI=1S/C8H12O3.2C8H8/c1-3-6(2)8(9)11-5-7-4-10-7;2*1-2-8-6-4-3-5-7-8/h7H,2-5H2,1H3;2*2-7H,1H2. The third-order valence-electron chi connectivity index (χ3n) is 3.59. The van der Waals surface area contributed by atoms with E-state index in [1.807, 2.05) is 79.7 Å². The summed E-state index contributed by atoms with van der Waals surface area (Å²) in [6.07, 6.45) is 4.45. The molecule has 0 N–H and O–H groups in total. The lowest BCUT2D eigenvalue weighted by molar-refractivity contribution is -0.139. The molecule has 1 heterocycles. The van der Waals surface area contributed by atoms with Gasteiger partial charge in [0.1, 0.15) is 12.7 Å². The summed E-state index contributed by atoms with van der Waals surface area (Å²) in [5.74, 6) is -0.303. The molecule has 1 unspecified atom stereocenters. The molecule has 0 aliphatic carbocycles. The smallest absolute Gasteiger partial charge is 0.333 e. The molecule has 142 valence electrons. The zero-order valence-electron chi connectivity index (χ0n) is 16.0. The number of carbonyl (C=O) groups excluding carboxylic acids is 1. The zero-order chi connectivity index (χ0) is 19.9. The van der Waals surface area contributed by atoms with Gasteiger partial charge in [0, 0.05) is 5.57 Å². The van der Waals surface area contributed by atoms with Crippen molar-refractivity contribution in [3.05, 3.63) is 97.1 Å². The molecule has 2 aromatic rings. The molecule has 3 nitrogen and oxygen atoms in total. The minimum atomic E-state index is -0.303. The van der Waals surface area contributed by atoms with E-state index >= 15 is 0 Å². The van der Waals surface area contributed by atoms with Crippen LogP contribution in [-0.2, 0) is 14.3 Å². The third-order valence-corrected chi connectivity index (χ3v) is 3.59. The molecule has 0 bridgehead atoms. The Labute approximate surface area is 162 Å². The van der Waals surface area contributed by atoms with Crippen LogP contribution in [0.3, 0.4) is 0 Å². The Morgan fingerprint density at radius 1 is 1.04 bits per heavy atom. The van der Waals surface area contributed by atoms with Crippen molar-refractivity contribution in [1.82, 2.24) is 0 Å². The molecule has 0 radical (unpaired) electrons. The van der Waals surface area contributed by atoms with E-state index in [-0.39, 0.29) is 12.1 Å². The predicted octanol–water partition coefficient (Wildman–Crippen LogP) is 5.55. The molecule has 1 atom stereocenters. The molecule has 0 aromatic heterocycles. The van der Waals surface area contributed by atoms with E-state index < -0.39 is 0 Å². The van der Waals surface area contributed by atoms with E-state index in [2.05, 4.69) is 19.7 Å². The van der Waals surface area contributed by atoms with Crippen molar-refractivity contribution in [2.24, 2.45) is 0 Å². The van der Waals surface area contributed by atoms with Gasteiger partial charge in [-0.15, -0.1) is 0 Å². The molecule has 1 saturated heterocycles. The second-order valence-electron chi connectivity index (χ2n) is 5.74. The van der Waals surface area contributed by atoms with Gasteiger partial charge < -0.3 is 9.47 Å². The number of carbonyl (C=O) groups is 1. The van der Waals surface area contributed by atoms with Gasteiger partial charge in [-0.3, -0.25) is 0 Å². The number of rotatable bonds is 6. The Balaban J connectivity index is 0.000000206. The number of hydrogen-bond acceptors (Lipinski definition) is 3. The first-order valence-corrected chi connectivity index (χ1v) is 8.92. The topological polar surface area (TPSA) is 38.8 Å². The number of benzene rings is 2. The maximum absolute atomic E-state index is 10.9. The summed E-state index contributed by atoms with van der Waals surface area (Å²) in [5, 5.41) is 0. The summed E-state index contributed by atoms with van der Waals surface area (Å²) in [4.78, 5) is 10.9. The van der Waals surface area contributed by atoms with Crippen LogP contribution < -0.4 is 0 Å². The van der Waals surface area contributed by atoms with Crippen molar-refractivity contribution < 1.29 is 14.3 Å². The molecule has 0 saturated carbocycles. The maximum Gasteiger partial charge on any atom is 0.333 e. The van der Waals surface area contributed by atoms with Gasteiger partial charge >= 0.3 is 5.97 Å². The van der Waals surface area contributed by atoms with Crippen LogP contribution in [0.5, 0.6) is 0 Å². The van der Waals surface area contributed by atoms with Crippen LogP contribution >= 0.6 is 0 Å². The summed E-state index contributed by atoms with van der Waals surface area (Å²) in [7, 11) is 0. The number of ether oxygens (including phenoxy) is 2. The Morgan fingerprint density at radius 3 is 1.78 bits per heavy atom. The first kappa shape index (κ1) is 22.1. The lowest BCUT2D eigenvalue weighted by Gasteiger charge is -2.01. The molecule has 3 rings (SSSR count). The highest BCUT2D eigenvalue weighted by atomic mass is 16.6. The van der Waals surface area contributed by atoms with Crippen LogP contribution in [0.15, 0.2) is 86.0 Å². The Kier molecular flexibility index (Phi) is 10.9. The third kappa shape index (κ3) is 10.6. The van der Waals surface area contributed by atoms with Gasteiger partial charge in [0.2, 0.25) is 0 Å². The summed E-state index contributed by atoms with van der Waals surface area (Å²) in [5.41, 5.74) is 2.87. The van der Waals surface area contributed by atoms with Crippen LogP contribution in [0, 0.1) is 0 Å². The normalized spacial score (nSPS) is 13.6. The zero-order valence-corrected chi connectivity index (χ0v) is 16.0. The summed E-state index contributed by atoms with van der Waals surface area (Å²) < 4.78 is 9.72. The van der Waals surface area contributed by atoms with Crippen molar-refractivity contribution in [3.63, 3.8) is 0 Å². The number of esters is 1. The van der Waals surface area contributed by atoms with Gasteiger partial charge in [-0.2, -0.15) is 0 Å². The quantitative estimate of drug-likeness (QED) is 0.383. The minimum absolute atomic E-state index is 0.142. The molecule has 3 heteroatoms. The SMILES string of the molecule is C=C(CC)C(=O)OCC1CO1.C=Cc1ccccc1.C=Cc1ccccc1. The van der Waals surface area contributed by atoms with Crippen LogP contribution in [0.25, 0.3) is 12.2 Å². The molecule has 0 spiro atoms. The fourth-order valence-electron chi connectivity index (χ4n) is 1.76. The van der Waals surface area contributed by atoms with E-state index in [1.165, 1.54) is 11.1 Å². The van der Waals surface area contributed by atoms with Gasteiger partial charge in [0.15, 0.2) is 0 Å². The number of hydrogen-bond donors (Lipinski definition) is 0. The van der Waals surface area contributed by atoms with E-state index in [0.717, 1.165) is 0 Å². The average Bonchev–Trinajstić information content (AvgIpc) is 3.58. The van der Waals surface area contributed by atoms with Gasteiger partial charge in [0.25, 0.3) is 0 Å². The highest BCUT2D eigenvalue weighted by Gasteiger charge is 2.24. The minimum Gasteiger partial charge on any atom is -0.459 e. The van der Waals surface area contributed by atoms with E-state index in [4.69, 9.17) is 9.47 Å². The molecule has 1 fully saturated rings. The number of epoxide rings is 1. The van der Waals surface area contributed by atoms with Crippen LogP contribution in [0.1, 0.15) is 24.5 Å². The van der Waals surface area contributed by atoms with Crippen LogP contribution in [-0.4, -0.2) is 25.3 Å². The highest BCUT2D eigenvalue weighted by molar-refractivity contribution is 5.87. The van der Waals surface area contributed by atoms with Crippen molar-refractivity contribution in [1.29, 1.82) is 0 Å². The first-order chi connectivity index (χ1) is 13.1. The fourth-order valence-corrected chi connectivity index (χ4v) is 1.76. The molecule has 1 aliphatic rings. The maximum atomic E-state index is 10.9. The lowest BCUT2D eigenvalue weighted by Crippen LogP contribution is -2.10. The molecule has 27 heavy (non-hydrogen) atoms. The molecular formula is C24H28O3. The van der Waals surface area contributed by atoms with E-state index in [1.54, 1.807) is 0 Å². The second-order valence-corrected chi connectivity index (χ2v) is 5.74. The monoisotopic (exact) mass is 364 g/mol. The van der Waals surface area contributed by atoms with Gasteiger partial charge in [-0.05, 0) is 17.5 Å². The van der Waals surface area contributed by atoms with E-state index in [0.29, 0.717) is 25.2 Å². The molecule has 2 aromatic carbocycles. The van der Waals surface area contributed by atoms with Crippen molar-refractivity contribution in [2.45, 2.75) is 19.4 Å². The summed E-state index contributed by atoms with van der Waals surface area (Å²) >= 11 is 0. The van der Waals surface area contributed by atoms with Crippen molar-refractivity contribution >= 4 is 18.1 Å². The van der Waals surface area contributed by atoms with Crippen molar-refractivity contribution in [3.8, 4) is 0 Å². The van der Waals surface area contributed by atoms with Gasteiger partial charge in [-0.25, -0.2) is 4.79 Å². The van der Waals surface area contributed by atoms with E-state index in [9.17, 15) is 4.79 Å². The van der Waals surface area contributed by atoms with Gasteiger partial charge in [0.05, 0.1) is 6.61 Å². The highest BCUT2D eigenvalue weighted by Crippen LogP contribution is 2.10. The average molecular weight is 364 g/mol. The largest absolute Gasteiger partial charge is 0.459 e. The Bertz CT molecular complexity index is 657. The summed E-state index contributed by atoms with van der Waals surface area (Å²) in [6, 6.07) is 20.1. The molecule has 0 amide bonds. The fraction of sp³-hybridized carbons (Fsp3) is 0.208. The van der Waals surface area contributed by atoms with Gasteiger partial charge in [-0.1, -0.05) is 99.5 Å². The van der Waals surface area contributed by atoms with Crippen LogP contribution in [0.2, 0.25) is 0 Å². The lowest BCUT2D eigenvalue weighted by atomic mass is 10.2. The second kappa shape index (κ2) is 13.3. The van der Waals surface area contributed by atoms with Crippen LogP contribution in [0.4, 0.5) is 0 Å². The Morgan fingerprint density at radius 2 is 1.48 bits per heavy atom. The molecular weight excluding hydrogens is 336 g/mol. The first-order valence-electron chi connectivity index (χ1n) is 8.92. The van der Waals surface area contributed by atoms with Crippen molar-refractivity contribution in [2.75, 3.05) is 13.2 Å². The Hall–Kier alpha value is -2.91. The predicted molar refractivity (Wildman–Crippen MR) is 113 cm³/mol.